The Morgan fingerprint density at radius 2 is 1.00 bits per heavy atom. The van der Waals surface area contributed by atoms with Gasteiger partial charge in [0, 0.05) is 0 Å². The van der Waals surface area contributed by atoms with Crippen molar-refractivity contribution in [3.8, 4) is 0 Å². The van der Waals surface area contributed by atoms with Gasteiger partial charge < -0.3 is 22.9 Å². The molecule has 1 rings (SSSR count). The van der Waals surface area contributed by atoms with Crippen molar-refractivity contribution < 1.29 is 4.79 Å². The van der Waals surface area contributed by atoms with Crippen molar-refractivity contribution >= 4 is 5.78 Å². The van der Waals surface area contributed by atoms with Crippen LogP contribution >= 0.6 is 0 Å². The highest BCUT2D eigenvalue weighted by Gasteiger charge is 2.24. The van der Waals surface area contributed by atoms with Gasteiger partial charge in [-0.2, -0.15) is 0 Å². The third-order valence-corrected chi connectivity index (χ3v) is 1.36. The summed E-state index contributed by atoms with van der Waals surface area (Å²) in [6.45, 7) is 0. The molecule has 0 spiro atoms. The maximum Gasteiger partial charge on any atom is 0.228 e. The van der Waals surface area contributed by atoms with Gasteiger partial charge in [-0.3, -0.25) is 4.79 Å². The SMILES string of the molecule is NC1=C(N)C(N)=C(N)C1=O. The number of carbonyl (C=O) groups is 1. The van der Waals surface area contributed by atoms with Crippen LogP contribution in [0.15, 0.2) is 22.8 Å². The molecule has 0 saturated heterocycles. The first-order valence-electron chi connectivity index (χ1n) is 2.61. The van der Waals surface area contributed by atoms with E-state index in [1.165, 1.54) is 0 Å². The lowest BCUT2D eigenvalue weighted by Gasteiger charge is -1.93. The fourth-order valence-corrected chi connectivity index (χ4v) is 0.680. The lowest BCUT2D eigenvalue weighted by molar-refractivity contribution is -0.112. The molecule has 1 aliphatic carbocycles. The highest BCUT2D eigenvalue weighted by molar-refractivity contribution is 6.11. The van der Waals surface area contributed by atoms with Crippen molar-refractivity contribution in [1.82, 2.24) is 0 Å². The smallest absolute Gasteiger partial charge is 0.228 e. The molecule has 0 heterocycles. The molecule has 5 heteroatoms. The molecule has 0 saturated carbocycles. The third-order valence-electron chi connectivity index (χ3n) is 1.36. The topological polar surface area (TPSA) is 121 Å². The van der Waals surface area contributed by atoms with E-state index in [0.29, 0.717) is 0 Å². The summed E-state index contributed by atoms with van der Waals surface area (Å²) in [6, 6.07) is 0. The number of hydrogen-bond donors (Lipinski definition) is 4. The zero-order chi connectivity index (χ0) is 7.89. The van der Waals surface area contributed by atoms with Crippen LogP contribution in [-0.2, 0) is 4.79 Å². The van der Waals surface area contributed by atoms with Gasteiger partial charge in [0.25, 0.3) is 0 Å². The van der Waals surface area contributed by atoms with Gasteiger partial charge >= 0.3 is 0 Å². The van der Waals surface area contributed by atoms with Gasteiger partial charge in [0.2, 0.25) is 5.78 Å². The molecular formula is C5H8N4O. The Bertz CT molecular complexity index is 237. The van der Waals surface area contributed by atoms with Gasteiger partial charge in [0.1, 0.15) is 11.4 Å². The van der Waals surface area contributed by atoms with E-state index >= 15 is 0 Å². The highest BCUT2D eigenvalue weighted by Crippen LogP contribution is 2.14. The molecule has 0 atom stereocenters. The summed E-state index contributed by atoms with van der Waals surface area (Å²) in [4.78, 5) is 10.8. The average Bonchev–Trinajstić information content (AvgIpc) is 2.07. The fraction of sp³-hybridized carbons (Fsp3) is 0. The molecule has 0 aliphatic heterocycles. The van der Waals surface area contributed by atoms with Crippen molar-refractivity contribution in [2.24, 2.45) is 22.9 Å². The van der Waals surface area contributed by atoms with Crippen LogP contribution < -0.4 is 22.9 Å². The number of Topliss-reactive ketones (excluding diaryl/α,β-unsaturated/α-hetero) is 1. The monoisotopic (exact) mass is 140 g/mol. The molecule has 0 amide bonds. The van der Waals surface area contributed by atoms with Crippen molar-refractivity contribution in [2.45, 2.75) is 0 Å². The molecule has 0 fully saturated rings. The van der Waals surface area contributed by atoms with Crippen molar-refractivity contribution in [2.75, 3.05) is 0 Å². The molecule has 10 heavy (non-hydrogen) atoms. The molecule has 5 nitrogen and oxygen atoms in total. The normalized spacial score (nSPS) is 19.0. The Kier molecular flexibility index (Phi) is 1.08. The van der Waals surface area contributed by atoms with Crippen LogP contribution in [0.2, 0.25) is 0 Å². The lowest BCUT2D eigenvalue weighted by Crippen LogP contribution is -2.16. The highest BCUT2D eigenvalue weighted by atomic mass is 16.1. The standard InChI is InChI=1S/C5H8N4O/c6-1-2(7)4(9)5(10)3(1)8/h(H8,6,7,8,9,10). The largest absolute Gasteiger partial charge is 0.395 e. The van der Waals surface area contributed by atoms with E-state index in [9.17, 15) is 4.79 Å². The Hall–Kier alpha value is -1.65. The third kappa shape index (κ3) is 0.540. The van der Waals surface area contributed by atoms with Crippen molar-refractivity contribution in [3.05, 3.63) is 22.8 Å². The molecule has 0 aromatic heterocycles. The molecule has 0 aromatic rings. The van der Waals surface area contributed by atoms with Crippen LogP contribution in [0.1, 0.15) is 0 Å². The van der Waals surface area contributed by atoms with Crippen molar-refractivity contribution in [1.29, 1.82) is 0 Å². The molecule has 0 unspecified atom stereocenters. The molecule has 54 valence electrons. The second-order valence-corrected chi connectivity index (χ2v) is 1.98. The first-order chi connectivity index (χ1) is 4.55. The second kappa shape index (κ2) is 1.66. The van der Waals surface area contributed by atoms with E-state index in [1.807, 2.05) is 0 Å². The van der Waals surface area contributed by atoms with E-state index < -0.39 is 5.78 Å². The first-order valence-corrected chi connectivity index (χ1v) is 2.61. The quantitative estimate of drug-likeness (QED) is 0.305. The van der Waals surface area contributed by atoms with Gasteiger partial charge in [-0.1, -0.05) is 0 Å². The lowest BCUT2D eigenvalue weighted by atomic mass is 10.3. The number of nitrogens with two attached hydrogens (primary N) is 4. The van der Waals surface area contributed by atoms with Gasteiger partial charge in [-0.15, -0.1) is 0 Å². The van der Waals surface area contributed by atoms with Crippen LogP contribution in [-0.4, -0.2) is 5.78 Å². The summed E-state index contributed by atoms with van der Waals surface area (Å²) in [5.41, 5.74) is 21.0. The first kappa shape index (κ1) is 6.47. The van der Waals surface area contributed by atoms with Gasteiger partial charge in [0.15, 0.2) is 0 Å². The van der Waals surface area contributed by atoms with E-state index in [-0.39, 0.29) is 22.8 Å². The summed E-state index contributed by atoms with van der Waals surface area (Å²) in [5.74, 6) is -0.477. The molecule has 0 radical (unpaired) electrons. The molecular weight excluding hydrogens is 132 g/mol. The molecule has 8 N–H and O–H groups in total. The van der Waals surface area contributed by atoms with Crippen molar-refractivity contribution in [3.63, 3.8) is 0 Å². The minimum Gasteiger partial charge on any atom is -0.395 e. The van der Waals surface area contributed by atoms with Crippen LogP contribution in [0.25, 0.3) is 0 Å². The number of ketones is 1. The molecule has 0 bridgehead atoms. The van der Waals surface area contributed by atoms with E-state index in [1.54, 1.807) is 0 Å². The minimum absolute atomic E-state index is 0.0602. The summed E-state index contributed by atoms with van der Waals surface area (Å²) in [7, 11) is 0. The Labute approximate surface area is 57.3 Å². The van der Waals surface area contributed by atoms with Crippen LogP contribution in [0.5, 0.6) is 0 Å². The maximum absolute atomic E-state index is 10.8. The van der Waals surface area contributed by atoms with Crippen LogP contribution in [0.4, 0.5) is 0 Å². The van der Waals surface area contributed by atoms with Gasteiger partial charge in [0.05, 0.1) is 11.4 Å². The summed E-state index contributed by atoms with van der Waals surface area (Å²) in [6.07, 6.45) is 0. The van der Waals surface area contributed by atoms with Gasteiger partial charge in [-0.25, -0.2) is 0 Å². The number of carbonyl (C=O) groups excluding carboxylic acids is 1. The number of rotatable bonds is 0. The molecule has 1 aliphatic rings. The van der Waals surface area contributed by atoms with E-state index in [4.69, 9.17) is 22.9 Å². The predicted octanol–water partition coefficient (Wildman–Crippen LogP) is -2.17. The number of hydrogen-bond acceptors (Lipinski definition) is 5. The Balaban J connectivity index is 3.22. The zero-order valence-corrected chi connectivity index (χ0v) is 5.22. The maximum atomic E-state index is 10.8. The Morgan fingerprint density at radius 1 is 0.700 bits per heavy atom. The fourth-order valence-electron chi connectivity index (χ4n) is 0.680. The minimum atomic E-state index is -0.477. The predicted molar refractivity (Wildman–Crippen MR) is 35.8 cm³/mol. The summed E-state index contributed by atoms with van der Waals surface area (Å²) in [5, 5.41) is 0. The Morgan fingerprint density at radius 3 is 1.10 bits per heavy atom. The average molecular weight is 140 g/mol. The second-order valence-electron chi connectivity index (χ2n) is 1.98. The van der Waals surface area contributed by atoms with Crippen LogP contribution in [0.3, 0.4) is 0 Å². The van der Waals surface area contributed by atoms with Gasteiger partial charge in [-0.05, 0) is 0 Å². The van der Waals surface area contributed by atoms with E-state index in [0.717, 1.165) is 0 Å². The van der Waals surface area contributed by atoms with Crippen LogP contribution in [0, 0.1) is 0 Å². The zero-order valence-electron chi connectivity index (χ0n) is 5.22. The summed E-state index contributed by atoms with van der Waals surface area (Å²) < 4.78 is 0. The van der Waals surface area contributed by atoms with E-state index in [2.05, 4.69) is 0 Å². The summed E-state index contributed by atoms with van der Waals surface area (Å²) >= 11 is 0. The molecule has 0 aromatic carbocycles.